The van der Waals surface area contributed by atoms with Crippen molar-refractivity contribution in [2.24, 2.45) is 4.99 Å². The van der Waals surface area contributed by atoms with Crippen molar-refractivity contribution in [3.8, 4) is 0 Å². The summed E-state index contributed by atoms with van der Waals surface area (Å²) in [6.07, 6.45) is 0.727. The van der Waals surface area contributed by atoms with Gasteiger partial charge in [0.25, 0.3) is 0 Å². The summed E-state index contributed by atoms with van der Waals surface area (Å²) in [5.74, 6) is -0.0736. The third-order valence-corrected chi connectivity index (χ3v) is 2.08. The third kappa shape index (κ3) is 6.21. The van der Waals surface area contributed by atoms with Crippen molar-refractivity contribution in [1.82, 2.24) is 0 Å². The lowest BCUT2D eigenvalue weighted by Crippen LogP contribution is -2.26. The Morgan fingerprint density at radius 1 is 1.36 bits per heavy atom. The van der Waals surface area contributed by atoms with Gasteiger partial charge in [-0.15, -0.1) is 0 Å². The first-order valence-electron chi connectivity index (χ1n) is 3.74. The van der Waals surface area contributed by atoms with Gasteiger partial charge < -0.3 is 14.5 Å². The molecule has 64 valence electrons. The summed E-state index contributed by atoms with van der Waals surface area (Å²) in [6, 6.07) is 0. The zero-order valence-electron chi connectivity index (χ0n) is 7.17. The summed E-state index contributed by atoms with van der Waals surface area (Å²) in [7, 11) is 0.563. The Labute approximate surface area is 70.6 Å². The van der Waals surface area contributed by atoms with Crippen molar-refractivity contribution in [3.05, 3.63) is 0 Å². The highest BCUT2D eigenvalue weighted by atomic mass is 28.2. The van der Waals surface area contributed by atoms with E-state index in [9.17, 15) is 0 Å². The van der Waals surface area contributed by atoms with Gasteiger partial charge in [-0.1, -0.05) is 0 Å². The molecule has 0 aliphatic rings. The van der Waals surface area contributed by atoms with E-state index in [1.807, 2.05) is 13.8 Å². The Hall–Kier alpha value is -0.193. The summed E-state index contributed by atoms with van der Waals surface area (Å²) in [6.45, 7) is 8.69. The SMILES string of the molecule is C=NC[Si]C(OCC)OCC. The summed E-state index contributed by atoms with van der Waals surface area (Å²) in [5, 5.41) is 0. The van der Waals surface area contributed by atoms with Crippen LogP contribution in [0.15, 0.2) is 4.99 Å². The van der Waals surface area contributed by atoms with E-state index in [2.05, 4.69) is 11.7 Å². The average Bonchev–Trinajstić information content (AvgIpc) is 2.01. The number of hydrogen-bond acceptors (Lipinski definition) is 3. The van der Waals surface area contributed by atoms with Crippen molar-refractivity contribution < 1.29 is 9.47 Å². The second-order valence-corrected chi connectivity index (χ2v) is 3.02. The maximum atomic E-state index is 5.29. The molecule has 0 bridgehead atoms. The van der Waals surface area contributed by atoms with Crippen LogP contribution in [0.5, 0.6) is 0 Å². The molecule has 0 amide bonds. The molecular weight excluding hydrogens is 158 g/mol. The fraction of sp³-hybridized carbons (Fsp3) is 0.857. The molecule has 0 heterocycles. The third-order valence-electron chi connectivity index (χ3n) is 1.01. The zero-order chi connectivity index (χ0) is 8.53. The van der Waals surface area contributed by atoms with Crippen LogP contribution in [-0.2, 0) is 9.47 Å². The number of aliphatic imine (C=N–C) groups is 1. The highest BCUT2D eigenvalue weighted by Gasteiger charge is 2.06. The van der Waals surface area contributed by atoms with Gasteiger partial charge in [-0.3, -0.25) is 0 Å². The molecule has 0 unspecified atom stereocenters. The summed E-state index contributed by atoms with van der Waals surface area (Å²) >= 11 is 0. The lowest BCUT2D eigenvalue weighted by molar-refractivity contribution is -0.0826. The fourth-order valence-electron chi connectivity index (χ4n) is 0.608. The van der Waals surface area contributed by atoms with E-state index in [0.717, 1.165) is 6.17 Å². The van der Waals surface area contributed by atoms with E-state index in [1.54, 1.807) is 0 Å². The van der Waals surface area contributed by atoms with Crippen molar-refractivity contribution in [2.45, 2.75) is 19.8 Å². The smallest absolute Gasteiger partial charge is 0.144 e. The molecule has 0 fully saturated rings. The lowest BCUT2D eigenvalue weighted by Gasteiger charge is -2.14. The Morgan fingerprint density at radius 3 is 2.27 bits per heavy atom. The van der Waals surface area contributed by atoms with Crippen LogP contribution in [0.1, 0.15) is 13.8 Å². The number of hydrogen-bond donors (Lipinski definition) is 0. The summed E-state index contributed by atoms with van der Waals surface area (Å²) < 4.78 is 10.6. The van der Waals surface area contributed by atoms with Crippen molar-refractivity contribution >= 4 is 16.2 Å². The predicted molar refractivity (Wildman–Crippen MR) is 47.2 cm³/mol. The molecule has 0 atom stereocenters. The first-order valence-corrected chi connectivity index (χ1v) is 5.02. The molecule has 0 spiro atoms. The van der Waals surface area contributed by atoms with Crippen LogP contribution in [0.3, 0.4) is 0 Å². The predicted octanol–water partition coefficient (Wildman–Crippen LogP) is 0.705. The van der Waals surface area contributed by atoms with Gasteiger partial charge in [0.1, 0.15) is 15.4 Å². The Bertz CT molecular complexity index is 94.4. The van der Waals surface area contributed by atoms with Gasteiger partial charge in [-0.2, -0.15) is 0 Å². The zero-order valence-corrected chi connectivity index (χ0v) is 8.17. The molecule has 0 rings (SSSR count). The first kappa shape index (κ1) is 10.8. The van der Waals surface area contributed by atoms with Crippen LogP contribution < -0.4 is 0 Å². The second kappa shape index (κ2) is 7.91. The maximum Gasteiger partial charge on any atom is 0.144 e. The van der Waals surface area contributed by atoms with Crippen molar-refractivity contribution in [1.29, 1.82) is 0 Å². The molecule has 4 heteroatoms. The molecular formula is C7H15NO2Si. The molecule has 0 N–H and O–H groups in total. The maximum absolute atomic E-state index is 5.29. The van der Waals surface area contributed by atoms with E-state index in [-0.39, 0.29) is 5.91 Å². The largest absolute Gasteiger partial charge is 0.357 e. The van der Waals surface area contributed by atoms with Gasteiger partial charge in [-0.05, 0) is 20.6 Å². The van der Waals surface area contributed by atoms with Crippen LogP contribution >= 0.6 is 0 Å². The minimum Gasteiger partial charge on any atom is -0.357 e. The molecule has 0 aromatic rings. The molecule has 11 heavy (non-hydrogen) atoms. The van der Waals surface area contributed by atoms with Gasteiger partial charge in [0, 0.05) is 19.4 Å². The minimum atomic E-state index is -0.0736. The second-order valence-electron chi connectivity index (χ2n) is 1.83. The summed E-state index contributed by atoms with van der Waals surface area (Å²) in [5.41, 5.74) is 0. The molecule has 3 nitrogen and oxygen atoms in total. The normalized spacial score (nSPS) is 10.5. The Balaban J connectivity index is 3.41. The van der Waals surface area contributed by atoms with E-state index in [1.165, 1.54) is 0 Å². The van der Waals surface area contributed by atoms with E-state index in [4.69, 9.17) is 9.47 Å². The van der Waals surface area contributed by atoms with Crippen molar-refractivity contribution in [2.75, 3.05) is 19.4 Å². The lowest BCUT2D eigenvalue weighted by atomic mass is 10.8. The quantitative estimate of drug-likeness (QED) is 0.322. The van der Waals surface area contributed by atoms with Crippen LogP contribution in [0.25, 0.3) is 0 Å². The molecule has 0 aliphatic carbocycles. The van der Waals surface area contributed by atoms with Gasteiger partial charge in [0.15, 0.2) is 0 Å². The van der Waals surface area contributed by atoms with Crippen molar-refractivity contribution in [3.63, 3.8) is 0 Å². The van der Waals surface area contributed by atoms with E-state index >= 15 is 0 Å². The Morgan fingerprint density at radius 2 is 1.91 bits per heavy atom. The molecule has 0 aliphatic heterocycles. The number of nitrogens with zero attached hydrogens (tertiary/aromatic N) is 1. The van der Waals surface area contributed by atoms with Gasteiger partial charge in [-0.25, -0.2) is 0 Å². The highest BCUT2D eigenvalue weighted by molar-refractivity contribution is 6.36. The number of rotatable bonds is 7. The van der Waals surface area contributed by atoms with Gasteiger partial charge in [0.05, 0.1) is 0 Å². The van der Waals surface area contributed by atoms with Gasteiger partial charge >= 0.3 is 0 Å². The van der Waals surface area contributed by atoms with E-state index in [0.29, 0.717) is 22.7 Å². The molecule has 0 aromatic heterocycles. The van der Waals surface area contributed by atoms with Gasteiger partial charge in [0.2, 0.25) is 0 Å². The van der Waals surface area contributed by atoms with E-state index < -0.39 is 0 Å². The Kier molecular flexibility index (Phi) is 7.77. The average molecular weight is 173 g/mol. The first-order chi connectivity index (χ1) is 5.35. The molecule has 0 saturated heterocycles. The minimum absolute atomic E-state index is 0.0736. The van der Waals surface area contributed by atoms with Crippen LogP contribution in [0.4, 0.5) is 0 Å². The topological polar surface area (TPSA) is 30.8 Å². The van der Waals surface area contributed by atoms with Crippen LogP contribution in [0, 0.1) is 0 Å². The monoisotopic (exact) mass is 173 g/mol. The molecule has 0 aromatic carbocycles. The summed E-state index contributed by atoms with van der Waals surface area (Å²) in [4.78, 5) is 3.74. The van der Waals surface area contributed by atoms with Crippen LogP contribution in [0.2, 0.25) is 0 Å². The standard InChI is InChI=1S/C7H15NO2Si/c1-4-9-7(10-5-2)11-6-8-3/h7H,3-6H2,1-2H3. The molecule has 2 radical (unpaired) electrons. The molecule has 0 saturated carbocycles. The number of ether oxygens (including phenoxy) is 2. The van der Waals surface area contributed by atoms with Crippen LogP contribution in [-0.4, -0.2) is 41.5 Å². The fourth-order valence-corrected chi connectivity index (χ4v) is 1.46. The highest BCUT2D eigenvalue weighted by Crippen LogP contribution is 1.92.